The van der Waals surface area contributed by atoms with Gasteiger partial charge in [-0.25, -0.2) is 9.18 Å². The molecule has 0 bridgehead atoms. The Morgan fingerprint density at radius 2 is 1.89 bits per heavy atom. The Balaban J connectivity index is 2.32. The Hall–Kier alpha value is -2.69. The van der Waals surface area contributed by atoms with Crippen molar-refractivity contribution in [2.24, 2.45) is 0 Å². The molecule has 96 valence electrons. The number of carboxylic acid groups (broad SMARTS) is 1. The summed E-state index contributed by atoms with van der Waals surface area (Å²) in [5.41, 5.74) is 1.81. The molecule has 0 fully saturated rings. The molecular weight excluding hydrogens is 247 g/mol. The van der Waals surface area contributed by atoms with Crippen molar-refractivity contribution in [3.05, 3.63) is 59.4 Å². The normalized spacial score (nSPS) is 9.95. The third-order valence-corrected chi connectivity index (χ3v) is 2.58. The van der Waals surface area contributed by atoms with Gasteiger partial charge in [-0.1, -0.05) is 0 Å². The summed E-state index contributed by atoms with van der Waals surface area (Å²) in [5, 5.41) is 19.2. The fourth-order valence-electron chi connectivity index (χ4n) is 1.62. The molecule has 0 amide bonds. The van der Waals surface area contributed by atoms with Crippen LogP contribution in [0.1, 0.15) is 15.9 Å². The second-order valence-electron chi connectivity index (χ2n) is 3.88. The number of carbonyl (C=O) groups is 1. The van der Waals surface area contributed by atoms with Gasteiger partial charge in [0, 0.05) is 23.2 Å². The molecule has 0 atom stereocenters. The SMILES string of the molecule is N=Cc1cc(C(=O)O)ccc1Nc1ccc(F)cc1. The molecule has 0 aliphatic carbocycles. The van der Waals surface area contributed by atoms with E-state index >= 15 is 0 Å². The van der Waals surface area contributed by atoms with Crippen LogP contribution >= 0.6 is 0 Å². The lowest BCUT2D eigenvalue weighted by atomic mass is 10.1. The monoisotopic (exact) mass is 258 g/mol. The van der Waals surface area contributed by atoms with Crippen molar-refractivity contribution >= 4 is 23.6 Å². The van der Waals surface area contributed by atoms with Crippen molar-refractivity contribution in [3.63, 3.8) is 0 Å². The van der Waals surface area contributed by atoms with Crippen LogP contribution in [0.15, 0.2) is 42.5 Å². The zero-order valence-electron chi connectivity index (χ0n) is 9.85. The molecule has 0 unspecified atom stereocenters. The Morgan fingerprint density at radius 3 is 2.47 bits per heavy atom. The van der Waals surface area contributed by atoms with Gasteiger partial charge in [-0.2, -0.15) is 0 Å². The zero-order valence-corrected chi connectivity index (χ0v) is 9.85. The number of benzene rings is 2. The highest BCUT2D eigenvalue weighted by molar-refractivity contribution is 5.94. The number of hydrogen-bond donors (Lipinski definition) is 3. The first-order valence-corrected chi connectivity index (χ1v) is 5.50. The number of rotatable bonds is 4. The molecule has 0 heterocycles. The number of anilines is 2. The van der Waals surface area contributed by atoms with E-state index in [0.717, 1.165) is 6.21 Å². The third kappa shape index (κ3) is 2.95. The third-order valence-electron chi connectivity index (χ3n) is 2.58. The summed E-state index contributed by atoms with van der Waals surface area (Å²) >= 11 is 0. The van der Waals surface area contributed by atoms with Gasteiger partial charge in [0.25, 0.3) is 0 Å². The molecule has 2 rings (SSSR count). The number of carboxylic acids is 1. The van der Waals surface area contributed by atoms with Crippen LogP contribution in [0.4, 0.5) is 15.8 Å². The summed E-state index contributed by atoms with van der Waals surface area (Å²) in [6.45, 7) is 0. The summed E-state index contributed by atoms with van der Waals surface area (Å²) in [6, 6.07) is 10.2. The Morgan fingerprint density at radius 1 is 1.21 bits per heavy atom. The Labute approximate surface area is 109 Å². The van der Waals surface area contributed by atoms with E-state index in [1.165, 1.54) is 24.3 Å². The molecule has 0 radical (unpaired) electrons. The van der Waals surface area contributed by atoms with E-state index < -0.39 is 5.97 Å². The number of nitrogens with one attached hydrogen (secondary N) is 2. The maximum absolute atomic E-state index is 12.8. The van der Waals surface area contributed by atoms with Crippen LogP contribution in [-0.4, -0.2) is 17.3 Å². The number of hydrogen-bond acceptors (Lipinski definition) is 3. The van der Waals surface area contributed by atoms with Crippen LogP contribution in [0.5, 0.6) is 0 Å². The van der Waals surface area contributed by atoms with Gasteiger partial charge in [-0.3, -0.25) is 0 Å². The minimum absolute atomic E-state index is 0.114. The van der Waals surface area contributed by atoms with Crippen molar-refractivity contribution < 1.29 is 14.3 Å². The fraction of sp³-hybridized carbons (Fsp3) is 0. The van der Waals surface area contributed by atoms with Crippen LogP contribution in [0, 0.1) is 11.2 Å². The Bertz CT molecular complexity index is 624. The van der Waals surface area contributed by atoms with Gasteiger partial charge < -0.3 is 15.8 Å². The highest BCUT2D eigenvalue weighted by atomic mass is 19.1. The van der Waals surface area contributed by atoms with E-state index in [1.54, 1.807) is 18.2 Å². The highest BCUT2D eigenvalue weighted by Gasteiger charge is 2.07. The maximum atomic E-state index is 12.8. The van der Waals surface area contributed by atoms with E-state index in [1.807, 2.05) is 0 Å². The zero-order chi connectivity index (χ0) is 13.8. The van der Waals surface area contributed by atoms with Gasteiger partial charge >= 0.3 is 5.97 Å². The van der Waals surface area contributed by atoms with E-state index in [0.29, 0.717) is 16.9 Å². The predicted octanol–water partition coefficient (Wildman–Crippen LogP) is 3.27. The summed E-state index contributed by atoms with van der Waals surface area (Å²) in [5.74, 6) is -1.38. The molecule has 0 aliphatic rings. The van der Waals surface area contributed by atoms with Crippen LogP contribution in [-0.2, 0) is 0 Å². The first kappa shape index (κ1) is 12.8. The number of halogens is 1. The van der Waals surface area contributed by atoms with Gasteiger partial charge in [-0.15, -0.1) is 0 Å². The Kier molecular flexibility index (Phi) is 3.56. The average molecular weight is 258 g/mol. The largest absolute Gasteiger partial charge is 0.478 e. The van der Waals surface area contributed by atoms with Gasteiger partial charge in [0.05, 0.1) is 5.56 Å². The first-order valence-electron chi connectivity index (χ1n) is 5.50. The topological polar surface area (TPSA) is 73.2 Å². The lowest BCUT2D eigenvalue weighted by molar-refractivity contribution is 0.0697. The van der Waals surface area contributed by atoms with Crippen molar-refractivity contribution in [1.29, 1.82) is 5.41 Å². The predicted molar refractivity (Wildman–Crippen MR) is 71.0 cm³/mol. The lowest BCUT2D eigenvalue weighted by Crippen LogP contribution is -2.01. The molecule has 2 aromatic carbocycles. The standard InChI is InChI=1S/C14H11FN2O2/c15-11-2-4-12(5-3-11)17-13-6-1-9(14(18)19)7-10(13)8-16/h1-8,16-17H,(H,18,19). The van der Waals surface area contributed by atoms with Crippen molar-refractivity contribution in [2.75, 3.05) is 5.32 Å². The lowest BCUT2D eigenvalue weighted by Gasteiger charge is -2.10. The molecule has 4 nitrogen and oxygen atoms in total. The van der Waals surface area contributed by atoms with Crippen molar-refractivity contribution in [3.8, 4) is 0 Å². The quantitative estimate of drug-likeness (QED) is 0.737. The van der Waals surface area contributed by atoms with Gasteiger partial charge in [-0.05, 0) is 42.5 Å². The van der Waals surface area contributed by atoms with E-state index in [-0.39, 0.29) is 11.4 Å². The van der Waals surface area contributed by atoms with Gasteiger partial charge in [0.15, 0.2) is 0 Å². The maximum Gasteiger partial charge on any atom is 0.335 e. The first-order chi connectivity index (χ1) is 9.10. The molecular formula is C14H11FN2O2. The van der Waals surface area contributed by atoms with Crippen LogP contribution in [0.2, 0.25) is 0 Å². The van der Waals surface area contributed by atoms with E-state index in [4.69, 9.17) is 10.5 Å². The molecule has 2 aromatic rings. The summed E-state index contributed by atoms with van der Waals surface area (Å²) < 4.78 is 12.8. The second kappa shape index (κ2) is 5.30. The van der Waals surface area contributed by atoms with Gasteiger partial charge in [0.2, 0.25) is 0 Å². The summed E-state index contributed by atoms with van der Waals surface area (Å²) in [4.78, 5) is 10.8. The molecule has 0 saturated heterocycles. The van der Waals surface area contributed by atoms with Crippen LogP contribution in [0.3, 0.4) is 0 Å². The molecule has 0 aliphatic heterocycles. The molecule has 0 spiro atoms. The molecule has 3 N–H and O–H groups in total. The highest BCUT2D eigenvalue weighted by Crippen LogP contribution is 2.21. The van der Waals surface area contributed by atoms with E-state index in [9.17, 15) is 9.18 Å². The second-order valence-corrected chi connectivity index (χ2v) is 3.88. The smallest absolute Gasteiger partial charge is 0.335 e. The molecule has 5 heteroatoms. The minimum atomic E-state index is -1.04. The molecule has 0 saturated carbocycles. The van der Waals surface area contributed by atoms with Gasteiger partial charge in [0.1, 0.15) is 5.82 Å². The fourth-order valence-corrected chi connectivity index (χ4v) is 1.62. The summed E-state index contributed by atoms with van der Waals surface area (Å²) in [7, 11) is 0. The minimum Gasteiger partial charge on any atom is -0.478 e. The number of aromatic carboxylic acids is 1. The van der Waals surface area contributed by atoms with E-state index in [2.05, 4.69) is 5.32 Å². The molecule has 0 aromatic heterocycles. The average Bonchev–Trinajstić information content (AvgIpc) is 2.41. The van der Waals surface area contributed by atoms with Crippen molar-refractivity contribution in [2.45, 2.75) is 0 Å². The summed E-state index contributed by atoms with van der Waals surface area (Å²) in [6.07, 6.45) is 1.07. The van der Waals surface area contributed by atoms with Crippen LogP contribution in [0.25, 0.3) is 0 Å². The van der Waals surface area contributed by atoms with Crippen molar-refractivity contribution in [1.82, 2.24) is 0 Å². The molecule has 19 heavy (non-hydrogen) atoms. The van der Waals surface area contributed by atoms with Crippen LogP contribution < -0.4 is 5.32 Å².